The van der Waals surface area contributed by atoms with E-state index in [1.54, 1.807) is 0 Å². The molecule has 0 saturated heterocycles. The van der Waals surface area contributed by atoms with Gasteiger partial charge in [-0.2, -0.15) is 9.13 Å². The largest absolute Gasteiger partial charge is 0.210 e. The van der Waals surface area contributed by atoms with Crippen molar-refractivity contribution in [1.29, 1.82) is 0 Å². The average molecular weight is 310 g/mol. The van der Waals surface area contributed by atoms with Crippen LogP contribution >= 0.6 is 0 Å². The number of hydrogen-bond acceptors (Lipinski definition) is 0. The Bertz CT molecular complexity index is 832. The van der Waals surface area contributed by atoms with E-state index in [2.05, 4.69) is 107 Å². The fourth-order valence-corrected chi connectivity index (χ4v) is 2.78. The van der Waals surface area contributed by atoms with E-state index >= 15 is 0 Å². The van der Waals surface area contributed by atoms with Crippen molar-refractivity contribution in [3.8, 4) is 22.5 Å². The number of para-hydroxylation sites is 2. The predicted octanol–water partition coefficient (Wildman–Crippen LogP) is 3.91. The molecule has 0 radical (unpaired) electrons. The lowest BCUT2D eigenvalue weighted by Crippen LogP contribution is -2.29. The van der Waals surface area contributed by atoms with Gasteiger partial charge >= 0.3 is 0 Å². The van der Waals surface area contributed by atoms with Gasteiger partial charge in [0.1, 0.15) is 0 Å². The first-order valence-corrected chi connectivity index (χ1v) is 8.04. The van der Waals surface area contributed by atoms with Gasteiger partial charge in [-0.1, -0.05) is 36.4 Å². The molecule has 0 unspecified atom stereocenters. The van der Waals surface area contributed by atoms with Crippen molar-refractivity contribution < 1.29 is 9.13 Å². The maximum atomic E-state index is 2.15. The Morgan fingerprint density at radius 1 is 0.375 bits per heavy atom. The van der Waals surface area contributed by atoms with Crippen LogP contribution < -0.4 is 9.13 Å². The van der Waals surface area contributed by atoms with Crippen molar-refractivity contribution in [2.75, 3.05) is 0 Å². The molecule has 0 aliphatic carbocycles. The molecule has 2 heterocycles. The van der Waals surface area contributed by atoms with E-state index in [4.69, 9.17) is 0 Å². The molecule has 2 aromatic carbocycles. The lowest BCUT2D eigenvalue weighted by molar-refractivity contribution is -0.596. The minimum absolute atomic E-state index is 1.17. The molecule has 4 aromatic rings. The molecule has 2 aromatic heterocycles. The molecule has 0 aliphatic rings. The summed E-state index contributed by atoms with van der Waals surface area (Å²) in [6.07, 6.45) is 8.40. The second-order valence-electron chi connectivity index (χ2n) is 5.66. The summed E-state index contributed by atoms with van der Waals surface area (Å²) >= 11 is 0. The summed E-state index contributed by atoms with van der Waals surface area (Å²) in [5.74, 6) is 0. The van der Waals surface area contributed by atoms with Crippen LogP contribution in [0, 0.1) is 0 Å². The Hall–Kier alpha value is -3.26. The van der Waals surface area contributed by atoms with Crippen molar-refractivity contribution in [1.82, 2.24) is 0 Å². The molecule has 24 heavy (non-hydrogen) atoms. The Labute approximate surface area is 141 Å². The third kappa shape index (κ3) is 2.95. The molecule has 0 amide bonds. The van der Waals surface area contributed by atoms with Crippen LogP contribution in [0.3, 0.4) is 0 Å². The van der Waals surface area contributed by atoms with Crippen molar-refractivity contribution >= 4 is 0 Å². The molecular formula is C22H18N2+2. The zero-order valence-corrected chi connectivity index (χ0v) is 13.3. The van der Waals surface area contributed by atoms with E-state index in [9.17, 15) is 0 Å². The van der Waals surface area contributed by atoms with Gasteiger partial charge in [-0.05, 0) is 11.1 Å². The summed E-state index contributed by atoms with van der Waals surface area (Å²) in [6.45, 7) is 0. The molecule has 0 saturated carbocycles. The quantitative estimate of drug-likeness (QED) is 0.507. The first-order chi connectivity index (χ1) is 11.9. The lowest BCUT2D eigenvalue weighted by Gasteiger charge is -2.01. The lowest BCUT2D eigenvalue weighted by atomic mass is 10.1. The van der Waals surface area contributed by atoms with Gasteiger partial charge in [-0.25, -0.2) is 0 Å². The van der Waals surface area contributed by atoms with E-state index < -0.39 is 0 Å². The van der Waals surface area contributed by atoms with Gasteiger partial charge < -0.3 is 0 Å². The van der Waals surface area contributed by atoms with E-state index in [-0.39, 0.29) is 0 Å². The number of benzene rings is 2. The molecule has 2 heteroatoms. The highest BCUT2D eigenvalue weighted by Gasteiger charge is 2.08. The summed E-state index contributed by atoms with van der Waals surface area (Å²) in [7, 11) is 0. The highest BCUT2D eigenvalue weighted by atomic mass is 14.9. The van der Waals surface area contributed by atoms with Gasteiger partial charge in [0.25, 0.3) is 0 Å². The number of nitrogens with zero attached hydrogens (tertiary/aromatic N) is 2. The zero-order valence-electron chi connectivity index (χ0n) is 13.3. The molecule has 114 valence electrons. The van der Waals surface area contributed by atoms with Crippen molar-refractivity contribution in [3.63, 3.8) is 0 Å². The van der Waals surface area contributed by atoms with Crippen LogP contribution in [-0.4, -0.2) is 0 Å². The second kappa shape index (κ2) is 6.47. The van der Waals surface area contributed by atoms with Crippen molar-refractivity contribution in [2.45, 2.75) is 0 Å². The molecule has 0 N–H and O–H groups in total. The average Bonchev–Trinajstić information content (AvgIpc) is 2.70. The van der Waals surface area contributed by atoms with Crippen molar-refractivity contribution in [2.24, 2.45) is 0 Å². The molecule has 0 fully saturated rings. The molecule has 0 atom stereocenters. The number of hydrogen-bond donors (Lipinski definition) is 0. The van der Waals surface area contributed by atoms with Crippen LogP contribution in [0.4, 0.5) is 0 Å². The maximum absolute atomic E-state index is 2.15. The van der Waals surface area contributed by atoms with E-state index in [1.807, 2.05) is 12.1 Å². The smallest absolute Gasteiger partial charge is 0.167 e. The normalized spacial score (nSPS) is 10.5. The van der Waals surface area contributed by atoms with Crippen LogP contribution in [0.2, 0.25) is 0 Å². The predicted molar refractivity (Wildman–Crippen MR) is 94.9 cm³/mol. The highest BCUT2D eigenvalue weighted by Crippen LogP contribution is 2.16. The second-order valence-corrected chi connectivity index (χ2v) is 5.66. The molecule has 2 nitrogen and oxygen atoms in total. The van der Waals surface area contributed by atoms with Gasteiger partial charge in [0.15, 0.2) is 24.8 Å². The van der Waals surface area contributed by atoms with Crippen LogP contribution in [-0.2, 0) is 0 Å². The first-order valence-electron chi connectivity index (χ1n) is 8.04. The first kappa shape index (κ1) is 14.3. The topological polar surface area (TPSA) is 7.76 Å². The maximum Gasteiger partial charge on any atom is 0.210 e. The van der Waals surface area contributed by atoms with Crippen LogP contribution in [0.25, 0.3) is 22.5 Å². The number of rotatable bonds is 3. The standard InChI is InChI=1S/C22H18N2/c1-3-7-21(8-4-1)23-15-11-19(12-16-23)20-13-17-24(18-14-20)22-9-5-2-6-10-22/h1-18H/q+2. The zero-order chi connectivity index (χ0) is 16.2. The molecular weight excluding hydrogens is 292 g/mol. The summed E-state index contributed by atoms with van der Waals surface area (Å²) in [6, 6.07) is 29.3. The van der Waals surface area contributed by atoms with Gasteiger partial charge in [-0.15, -0.1) is 0 Å². The summed E-state index contributed by atoms with van der Waals surface area (Å²) < 4.78 is 4.24. The molecule has 0 aliphatic heterocycles. The molecule has 4 rings (SSSR count). The van der Waals surface area contributed by atoms with Crippen LogP contribution in [0.5, 0.6) is 0 Å². The number of aromatic nitrogens is 2. The third-order valence-electron chi connectivity index (χ3n) is 4.10. The van der Waals surface area contributed by atoms with Gasteiger partial charge in [0.2, 0.25) is 11.4 Å². The van der Waals surface area contributed by atoms with Gasteiger partial charge in [-0.3, -0.25) is 0 Å². The van der Waals surface area contributed by atoms with E-state index in [0.29, 0.717) is 0 Å². The minimum Gasteiger partial charge on any atom is -0.167 e. The minimum atomic E-state index is 1.17. The molecule has 0 spiro atoms. The number of pyridine rings is 2. The fraction of sp³-hybridized carbons (Fsp3) is 0. The highest BCUT2D eigenvalue weighted by molar-refractivity contribution is 5.61. The van der Waals surface area contributed by atoms with E-state index in [0.717, 1.165) is 0 Å². The van der Waals surface area contributed by atoms with E-state index in [1.165, 1.54) is 22.5 Å². The fourth-order valence-electron chi connectivity index (χ4n) is 2.78. The van der Waals surface area contributed by atoms with Gasteiger partial charge in [0.05, 0.1) is 0 Å². The van der Waals surface area contributed by atoms with Crippen molar-refractivity contribution in [3.05, 3.63) is 110 Å². The summed E-state index contributed by atoms with van der Waals surface area (Å²) in [5.41, 5.74) is 4.75. The Balaban J connectivity index is 1.60. The monoisotopic (exact) mass is 310 g/mol. The van der Waals surface area contributed by atoms with Crippen LogP contribution in [0.15, 0.2) is 110 Å². The van der Waals surface area contributed by atoms with Crippen LogP contribution in [0.1, 0.15) is 0 Å². The summed E-state index contributed by atoms with van der Waals surface area (Å²) in [4.78, 5) is 0. The summed E-state index contributed by atoms with van der Waals surface area (Å²) in [5, 5.41) is 0. The molecule has 0 bridgehead atoms. The Kier molecular flexibility index (Phi) is 3.86. The Morgan fingerprint density at radius 2 is 0.708 bits per heavy atom. The Morgan fingerprint density at radius 3 is 1.04 bits per heavy atom. The van der Waals surface area contributed by atoms with Gasteiger partial charge in [0, 0.05) is 48.5 Å². The third-order valence-corrected chi connectivity index (χ3v) is 4.10. The SMILES string of the molecule is c1ccc(-[n+]2ccc(-c3cc[n+](-c4ccccc4)cc3)cc2)cc1.